The van der Waals surface area contributed by atoms with Crippen LogP contribution in [0.25, 0.3) is 0 Å². The van der Waals surface area contributed by atoms with Gasteiger partial charge in [-0.05, 0) is 56.7 Å². The molecule has 1 aromatic carbocycles. The van der Waals surface area contributed by atoms with Crippen LogP contribution in [0.5, 0.6) is 0 Å². The van der Waals surface area contributed by atoms with E-state index in [0.29, 0.717) is 12.0 Å². The summed E-state index contributed by atoms with van der Waals surface area (Å²) in [6, 6.07) is 8.82. The molecule has 1 saturated carbocycles. The lowest BCUT2D eigenvalue weighted by Crippen LogP contribution is -2.40. The summed E-state index contributed by atoms with van der Waals surface area (Å²) in [4.78, 5) is 0. The van der Waals surface area contributed by atoms with E-state index in [1.54, 1.807) is 0 Å². The Bertz CT molecular complexity index is 568. The van der Waals surface area contributed by atoms with Crippen LogP contribution in [0.15, 0.2) is 24.3 Å². The van der Waals surface area contributed by atoms with Crippen molar-refractivity contribution >= 4 is 9.84 Å². The minimum Gasteiger partial charge on any atom is -0.316 e. The molecule has 0 bridgehead atoms. The fraction of sp³-hybridized carbons (Fsp3) is 0.647. The van der Waals surface area contributed by atoms with Gasteiger partial charge in [0, 0.05) is 12.3 Å². The fourth-order valence-electron chi connectivity index (χ4n) is 3.52. The van der Waals surface area contributed by atoms with Gasteiger partial charge in [-0.15, -0.1) is 0 Å². The van der Waals surface area contributed by atoms with E-state index in [2.05, 4.69) is 36.5 Å². The van der Waals surface area contributed by atoms with E-state index in [0.717, 1.165) is 32.1 Å². The molecule has 3 nitrogen and oxygen atoms in total. The van der Waals surface area contributed by atoms with Gasteiger partial charge in [-0.2, -0.15) is 0 Å². The highest BCUT2D eigenvalue weighted by Gasteiger charge is 2.32. The smallest absolute Gasteiger partial charge is 0.150 e. The number of likely N-dealkylation sites (N-methyl/N-ethyl adjacent to an activating group) is 1. The van der Waals surface area contributed by atoms with Gasteiger partial charge < -0.3 is 5.32 Å². The largest absolute Gasteiger partial charge is 0.316 e. The lowest BCUT2D eigenvalue weighted by molar-refractivity contribution is 0.277. The van der Waals surface area contributed by atoms with E-state index in [9.17, 15) is 8.42 Å². The van der Waals surface area contributed by atoms with Crippen molar-refractivity contribution in [3.8, 4) is 0 Å². The first-order chi connectivity index (χ1) is 9.91. The summed E-state index contributed by atoms with van der Waals surface area (Å²) in [5.41, 5.74) is 2.67. The Labute approximate surface area is 129 Å². The van der Waals surface area contributed by atoms with Crippen LogP contribution in [0.3, 0.4) is 0 Å². The van der Waals surface area contributed by atoms with Crippen LogP contribution in [0.2, 0.25) is 0 Å². The van der Waals surface area contributed by atoms with Crippen LogP contribution < -0.4 is 5.32 Å². The second-order valence-electron chi connectivity index (χ2n) is 6.40. The number of rotatable bonds is 5. The Morgan fingerprint density at radius 2 is 2.00 bits per heavy atom. The van der Waals surface area contributed by atoms with Crippen LogP contribution >= 0.6 is 0 Å². The van der Waals surface area contributed by atoms with Crippen molar-refractivity contribution in [1.82, 2.24) is 5.32 Å². The predicted octanol–water partition coefficient (Wildman–Crippen LogP) is 2.73. The molecule has 3 atom stereocenters. The Morgan fingerprint density at radius 3 is 2.62 bits per heavy atom. The first-order valence-corrected chi connectivity index (χ1v) is 9.78. The van der Waals surface area contributed by atoms with Crippen LogP contribution in [0.1, 0.15) is 36.8 Å². The number of hydrogen-bond acceptors (Lipinski definition) is 3. The van der Waals surface area contributed by atoms with Crippen molar-refractivity contribution < 1.29 is 8.42 Å². The van der Waals surface area contributed by atoms with Crippen molar-refractivity contribution in [2.24, 2.45) is 5.92 Å². The summed E-state index contributed by atoms with van der Waals surface area (Å²) >= 11 is 0. The third-order valence-electron chi connectivity index (χ3n) is 4.91. The molecule has 0 aliphatic heterocycles. The SMILES string of the molecule is CNC(Cc1ccccc1C)C1CCCC(S(C)(=O)=O)C1. The zero-order valence-corrected chi connectivity index (χ0v) is 14.1. The third kappa shape index (κ3) is 4.30. The monoisotopic (exact) mass is 309 g/mol. The van der Waals surface area contributed by atoms with Crippen LogP contribution in [0.4, 0.5) is 0 Å². The van der Waals surface area contributed by atoms with Gasteiger partial charge in [0.2, 0.25) is 0 Å². The van der Waals surface area contributed by atoms with Gasteiger partial charge >= 0.3 is 0 Å². The Morgan fingerprint density at radius 1 is 1.29 bits per heavy atom. The third-order valence-corrected chi connectivity index (χ3v) is 6.55. The normalized spacial score (nSPS) is 24.7. The van der Waals surface area contributed by atoms with E-state index in [1.807, 2.05) is 7.05 Å². The summed E-state index contributed by atoms with van der Waals surface area (Å²) in [6.07, 6.45) is 6.14. The maximum Gasteiger partial charge on any atom is 0.150 e. The Hall–Kier alpha value is -0.870. The summed E-state index contributed by atoms with van der Waals surface area (Å²) in [5.74, 6) is 0.447. The molecule has 0 spiro atoms. The average Bonchev–Trinajstić information content (AvgIpc) is 2.46. The van der Waals surface area contributed by atoms with Crippen molar-refractivity contribution in [3.05, 3.63) is 35.4 Å². The minimum absolute atomic E-state index is 0.149. The van der Waals surface area contributed by atoms with E-state index >= 15 is 0 Å². The first-order valence-electron chi connectivity index (χ1n) is 7.82. The second-order valence-corrected chi connectivity index (χ2v) is 8.73. The van der Waals surface area contributed by atoms with Gasteiger partial charge in [-0.1, -0.05) is 30.7 Å². The number of benzene rings is 1. The first kappa shape index (κ1) is 16.5. The summed E-state index contributed by atoms with van der Waals surface area (Å²) < 4.78 is 23.7. The molecule has 21 heavy (non-hydrogen) atoms. The van der Waals surface area contributed by atoms with E-state index in [1.165, 1.54) is 17.4 Å². The molecule has 0 radical (unpaired) electrons. The van der Waals surface area contributed by atoms with Gasteiger partial charge in [0.1, 0.15) is 9.84 Å². The molecule has 0 amide bonds. The highest BCUT2D eigenvalue weighted by molar-refractivity contribution is 7.91. The summed E-state index contributed by atoms with van der Waals surface area (Å²) in [7, 11) is -0.916. The summed E-state index contributed by atoms with van der Waals surface area (Å²) in [5, 5.41) is 3.28. The second kappa shape index (κ2) is 6.93. The molecule has 1 fully saturated rings. The molecular formula is C17H27NO2S. The quantitative estimate of drug-likeness (QED) is 0.909. The fourth-order valence-corrected chi connectivity index (χ4v) is 4.71. The molecule has 3 unspecified atom stereocenters. The molecular weight excluding hydrogens is 282 g/mol. The number of hydrogen-bond donors (Lipinski definition) is 1. The maximum atomic E-state index is 11.8. The topological polar surface area (TPSA) is 46.2 Å². The molecule has 0 aromatic heterocycles. The zero-order valence-electron chi connectivity index (χ0n) is 13.3. The number of sulfone groups is 1. The molecule has 2 rings (SSSR count). The van der Waals surface area contributed by atoms with Gasteiger partial charge in [-0.3, -0.25) is 0 Å². The van der Waals surface area contributed by atoms with Crippen LogP contribution in [-0.2, 0) is 16.3 Å². The molecule has 118 valence electrons. The van der Waals surface area contributed by atoms with E-state index < -0.39 is 9.84 Å². The van der Waals surface area contributed by atoms with Gasteiger partial charge in [-0.25, -0.2) is 8.42 Å². The van der Waals surface area contributed by atoms with Crippen molar-refractivity contribution in [3.63, 3.8) is 0 Å². The van der Waals surface area contributed by atoms with E-state index in [-0.39, 0.29) is 5.25 Å². The minimum atomic E-state index is -2.91. The van der Waals surface area contributed by atoms with Gasteiger partial charge in [0.05, 0.1) is 5.25 Å². The highest BCUT2D eigenvalue weighted by Crippen LogP contribution is 2.32. The van der Waals surface area contributed by atoms with Crippen LogP contribution in [-0.4, -0.2) is 33.0 Å². The van der Waals surface area contributed by atoms with Gasteiger partial charge in [0.15, 0.2) is 0 Å². The van der Waals surface area contributed by atoms with Crippen molar-refractivity contribution in [1.29, 1.82) is 0 Å². The maximum absolute atomic E-state index is 11.8. The lowest BCUT2D eigenvalue weighted by Gasteiger charge is -2.34. The summed E-state index contributed by atoms with van der Waals surface area (Å²) in [6.45, 7) is 2.14. The molecule has 4 heteroatoms. The average molecular weight is 309 g/mol. The molecule has 0 heterocycles. The van der Waals surface area contributed by atoms with Crippen LogP contribution in [0, 0.1) is 12.8 Å². The molecule has 1 aliphatic rings. The molecule has 1 aliphatic carbocycles. The molecule has 1 aromatic rings. The van der Waals surface area contributed by atoms with Crippen molar-refractivity contribution in [2.45, 2.75) is 50.3 Å². The standard InChI is InChI=1S/C17H27NO2S/c1-13-7-4-5-8-14(13)12-17(18-2)15-9-6-10-16(11-15)21(3,19)20/h4-5,7-8,15-18H,6,9-12H2,1-3H3. The predicted molar refractivity (Wildman–Crippen MR) is 88.3 cm³/mol. The van der Waals surface area contributed by atoms with Gasteiger partial charge in [0.25, 0.3) is 0 Å². The number of nitrogens with one attached hydrogen (secondary N) is 1. The highest BCUT2D eigenvalue weighted by atomic mass is 32.2. The van der Waals surface area contributed by atoms with E-state index in [4.69, 9.17) is 0 Å². The number of aryl methyl sites for hydroxylation is 1. The Balaban J connectivity index is 2.09. The Kier molecular flexibility index (Phi) is 5.44. The molecule has 1 N–H and O–H groups in total. The van der Waals surface area contributed by atoms with Crippen molar-refractivity contribution in [2.75, 3.05) is 13.3 Å². The lowest BCUT2D eigenvalue weighted by atomic mass is 9.81. The molecule has 0 saturated heterocycles. The zero-order chi connectivity index (χ0) is 15.5.